The molecule has 1 N–H and O–H groups in total. The van der Waals surface area contributed by atoms with Gasteiger partial charge in [0.25, 0.3) is 0 Å². The van der Waals surface area contributed by atoms with Gasteiger partial charge in [0, 0.05) is 12.0 Å². The Bertz CT molecular complexity index is 507. The Morgan fingerprint density at radius 1 is 1.29 bits per heavy atom. The van der Waals surface area contributed by atoms with Crippen LogP contribution in [0.15, 0.2) is 18.2 Å². The number of hydrogen-bond donors (Lipinski definition) is 1. The lowest BCUT2D eigenvalue weighted by Gasteiger charge is -2.36. The Labute approximate surface area is 127 Å². The number of rotatable bonds is 6. The number of halogens is 1. The first-order valence-electron chi connectivity index (χ1n) is 7.16. The van der Waals surface area contributed by atoms with Gasteiger partial charge in [-0.3, -0.25) is 4.79 Å². The number of carbonyl (C=O) groups is 1. The van der Waals surface area contributed by atoms with Gasteiger partial charge in [0.1, 0.15) is 5.82 Å². The fraction of sp³-hybridized carbons (Fsp3) is 0.562. The maximum absolute atomic E-state index is 14.3. The molecule has 1 aromatic rings. The summed E-state index contributed by atoms with van der Waals surface area (Å²) in [6.07, 6.45) is 0.137. The van der Waals surface area contributed by atoms with Crippen molar-refractivity contribution in [2.45, 2.75) is 58.4 Å². The molecular formula is C16H25FO3Si. The van der Waals surface area contributed by atoms with Crippen molar-refractivity contribution in [1.82, 2.24) is 0 Å². The number of aryl methyl sites for hydroxylation is 1. The molecule has 0 amide bonds. The molecule has 0 spiro atoms. The topological polar surface area (TPSA) is 46.5 Å². The summed E-state index contributed by atoms with van der Waals surface area (Å²) >= 11 is 0. The normalized spacial score (nSPS) is 12.5. The fourth-order valence-corrected chi connectivity index (χ4v) is 2.60. The molecular weight excluding hydrogens is 287 g/mol. The number of hydrogen-bond acceptors (Lipinski definition) is 2. The lowest BCUT2D eigenvalue weighted by atomic mass is 10.1. The van der Waals surface area contributed by atoms with E-state index in [9.17, 15) is 9.18 Å². The van der Waals surface area contributed by atoms with Crippen molar-refractivity contribution in [2.24, 2.45) is 0 Å². The second-order valence-corrected chi connectivity index (χ2v) is 11.6. The lowest BCUT2D eigenvalue weighted by molar-refractivity contribution is -0.136. The minimum absolute atomic E-state index is 0.0660. The third-order valence-corrected chi connectivity index (χ3v) is 8.64. The minimum atomic E-state index is -1.93. The summed E-state index contributed by atoms with van der Waals surface area (Å²) in [6, 6.07) is 5.09. The largest absolute Gasteiger partial charge is 0.481 e. The van der Waals surface area contributed by atoms with Crippen LogP contribution in [0, 0.1) is 5.82 Å². The molecule has 1 aromatic carbocycles. The van der Waals surface area contributed by atoms with Crippen molar-refractivity contribution in [3.8, 4) is 0 Å². The predicted octanol–water partition coefficient (Wildman–Crippen LogP) is 4.36. The number of carboxylic acid groups (broad SMARTS) is 1. The van der Waals surface area contributed by atoms with E-state index in [4.69, 9.17) is 9.53 Å². The summed E-state index contributed by atoms with van der Waals surface area (Å²) in [5.74, 6) is -1.25. The summed E-state index contributed by atoms with van der Waals surface area (Å²) < 4.78 is 20.4. The van der Waals surface area contributed by atoms with Crippen molar-refractivity contribution in [3.05, 3.63) is 35.1 Å². The monoisotopic (exact) mass is 312 g/mol. The van der Waals surface area contributed by atoms with Crippen LogP contribution < -0.4 is 0 Å². The van der Waals surface area contributed by atoms with E-state index in [0.717, 1.165) is 0 Å². The maximum atomic E-state index is 14.3. The Hall–Kier alpha value is -1.20. The molecule has 0 fully saturated rings. The Morgan fingerprint density at radius 3 is 2.38 bits per heavy atom. The van der Waals surface area contributed by atoms with Crippen molar-refractivity contribution >= 4 is 14.3 Å². The molecule has 21 heavy (non-hydrogen) atoms. The van der Waals surface area contributed by atoms with Crippen LogP contribution in [0.25, 0.3) is 0 Å². The van der Waals surface area contributed by atoms with E-state index in [1.165, 1.54) is 0 Å². The quantitative estimate of drug-likeness (QED) is 0.794. The molecule has 0 unspecified atom stereocenters. The van der Waals surface area contributed by atoms with Crippen LogP contribution in [0.4, 0.5) is 4.39 Å². The van der Waals surface area contributed by atoms with Gasteiger partial charge in [-0.15, -0.1) is 0 Å². The van der Waals surface area contributed by atoms with Crippen molar-refractivity contribution < 1.29 is 18.7 Å². The summed E-state index contributed by atoms with van der Waals surface area (Å²) in [5, 5.41) is 8.77. The second-order valence-electron chi connectivity index (χ2n) is 6.83. The second kappa shape index (κ2) is 6.71. The van der Waals surface area contributed by atoms with Gasteiger partial charge in [0.05, 0.1) is 6.61 Å². The van der Waals surface area contributed by atoms with Crippen LogP contribution >= 0.6 is 0 Å². The molecule has 0 aliphatic rings. The average molecular weight is 312 g/mol. The smallest absolute Gasteiger partial charge is 0.303 e. The van der Waals surface area contributed by atoms with Crippen molar-refractivity contribution in [3.63, 3.8) is 0 Å². The zero-order valence-corrected chi connectivity index (χ0v) is 14.5. The summed E-state index contributed by atoms with van der Waals surface area (Å²) in [4.78, 5) is 10.6. The lowest BCUT2D eigenvalue weighted by Crippen LogP contribution is -2.40. The van der Waals surface area contributed by atoms with Crippen LogP contribution in [0.2, 0.25) is 18.1 Å². The molecule has 118 valence electrons. The van der Waals surface area contributed by atoms with E-state index >= 15 is 0 Å². The first kappa shape index (κ1) is 17.8. The van der Waals surface area contributed by atoms with Gasteiger partial charge < -0.3 is 9.53 Å². The van der Waals surface area contributed by atoms with Gasteiger partial charge in [0.2, 0.25) is 0 Å². The highest BCUT2D eigenvalue weighted by Crippen LogP contribution is 2.37. The van der Waals surface area contributed by atoms with E-state index in [-0.39, 0.29) is 30.3 Å². The molecule has 0 bridgehead atoms. The SMILES string of the molecule is CC(C)(C)[Si](C)(C)OCc1cccc(CCC(=O)O)c1F. The van der Waals surface area contributed by atoms with Gasteiger partial charge in [-0.05, 0) is 30.1 Å². The number of benzene rings is 1. The van der Waals surface area contributed by atoms with Crippen LogP contribution in [0.1, 0.15) is 38.3 Å². The molecule has 0 aromatic heterocycles. The molecule has 3 nitrogen and oxygen atoms in total. The van der Waals surface area contributed by atoms with Crippen LogP contribution in [-0.4, -0.2) is 19.4 Å². The average Bonchev–Trinajstić information content (AvgIpc) is 2.34. The van der Waals surface area contributed by atoms with Crippen molar-refractivity contribution in [1.29, 1.82) is 0 Å². The molecule has 0 radical (unpaired) electrons. The zero-order chi connectivity index (χ0) is 16.3. The maximum Gasteiger partial charge on any atom is 0.303 e. The van der Waals surface area contributed by atoms with Gasteiger partial charge >= 0.3 is 5.97 Å². The zero-order valence-electron chi connectivity index (χ0n) is 13.5. The highest BCUT2D eigenvalue weighted by atomic mass is 28.4. The van der Waals surface area contributed by atoms with Gasteiger partial charge in [0.15, 0.2) is 8.32 Å². The highest BCUT2D eigenvalue weighted by molar-refractivity contribution is 6.74. The molecule has 0 heterocycles. The summed E-state index contributed by atoms with van der Waals surface area (Å²) in [5.41, 5.74) is 0.941. The first-order valence-corrected chi connectivity index (χ1v) is 10.1. The molecule has 0 aliphatic carbocycles. The molecule has 1 rings (SSSR count). The van der Waals surface area contributed by atoms with Gasteiger partial charge in [-0.1, -0.05) is 39.0 Å². The van der Waals surface area contributed by atoms with Crippen molar-refractivity contribution in [2.75, 3.05) is 0 Å². The van der Waals surface area contributed by atoms with E-state index in [1.807, 2.05) is 0 Å². The van der Waals surface area contributed by atoms with Crippen LogP contribution in [-0.2, 0) is 22.2 Å². The standard InChI is InChI=1S/C16H25FO3Si/c1-16(2,3)21(4,5)20-11-13-8-6-7-12(15(13)17)9-10-14(18)19/h6-8H,9-11H2,1-5H3,(H,18,19). The summed E-state index contributed by atoms with van der Waals surface area (Å²) in [6.45, 7) is 10.9. The third kappa shape index (κ3) is 4.93. The van der Waals surface area contributed by atoms with E-state index in [2.05, 4.69) is 33.9 Å². The van der Waals surface area contributed by atoms with Crippen LogP contribution in [0.3, 0.4) is 0 Å². The van der Waals surface area contributed by atoms with E-state index in [0.29, 0.717) is 11.1 Å². The number of carboxylic acids is 1. The Kier molecular flexibility index (Phi) is 5.70. The first-order chi connectivity index (χ1) is 9.54. The Balaban J connectivity index is 2.81. The fourth-order valence-electron chi connectivity index (χ4n) is 1.65. The minimum Gasteiger partial charge on any atom is -0.481 e. The molecule has 0 saturated carbocycles. The molecule has 5 heteroatoms. The molecule has 0 aliphatic heterocycles. The number of aliphatic carboxylic acids is 1. The molecule has 0 saturated heterocycles. The van der Waals surface area contributed by atoms with Crippen LogP contribution in [0.5, 0.6) is 0 Å². The third-order valence-electron chi connectivity index (χ3n) is 4.16. The van der Waals surface area contributed by atoms with Gasteiger partial charge in [-0.2, -0.15) is 0 Å². The van der Waals surface area contributed by atoms with Gasteiger partial charge in [-0.25, -0.2) is 4.39 Å². The predicted molar refractivity (Wildman–Crippen MR) is 84.3 cm³/mol. The van der Waals surface area contributed by atoms with E-state index < -0.39 is 14.3 Å². The highest BCUT2D eigenvalue weighted by Gasteiger charge is 2.37. The molecule has 0 atom stereocenters. The Morgan fingerprint density at radius 2 is 1.86 bits per heavy atom. The summed E-state index contributed by atoms with van der Waals surface area (Å²) in [7, 11) is -1.93. The van der Waals surface area contributed by atoms with E-state index in [1.54, 1.807) is 18.2 Å².